The van der Waals surface area contributed by atoms with Crippen LogP contribution in [0.2, 0.25) is 0 Å². The van der Waals surface area contributed by atoms with Crippen molar-refractivity contribution in [3.05, 3.63) is 0 Å². The predicted molar refractivity (Wildman–Crippen MR) is 83.1 cm³/mol. The number of carboxylic acid groups (broad SMARTS) is 1. The van der Waals surface area contributed by atoms with Gasteiger partial charge in [0.15, 0.2) is 18.0 Å². The van der Waals surface area contributed by atoms with Gasteiger partial charge in [0, 0.05) is 6.54 Å². The smallest absolute Gasteiger partial charge is 0.326 e. The SMILES string of the molecule is CCC(C)C(NC(=O)C1OC1C(C)=O)C(=O)N1CCCC1C(=O)O. The number of aliphatic carboxylic acids is 1. The molecular formula is C16H24N2O6. The van der Waals surface area contributed by atoms with Crippen LogP contribution in [0.1, 0.15) is 40.0 Å². The van der Waals surface area contributed by atoms with E-state index < -0.39 is 36.2 Å². The first kappa shape index (κ1) is 18.4. The molecule has 2 rings (SSSR count). The molecule has 8 heteroatoms. The summed E-state index contributed by atoms with van der Waals surface area (Å²) in [6.45, 7) is 5.43. The summed E-state index contributed by atoms with van der Waals surface area (Å²) in [7, 11) is 0. The van der Waals surface area contributed by atoms with E-state index in [-0.39, 0.29) is 17.6 Å². The predicted octanol–water partition coefficient (Wildman–Crippen LogP) is -0.0507. The van der Waals surface area contributed by atoms with E-state index in [0.29, 0.717) is 25.8 Å². The highest BCUT2D eigenvalue weighted by Crippen LogP contribution is 2.25. The molecule has 2 aliphatic rings. The number of amides is 2. The van der Waals surface area contributed by atoms with Crippen LogP contribution in [0.15, 0.2) is 0 Å². The normalized spacial score (nSPS) is 28.1. The Labute approximate surface area is 140 Å². The maximum absolute atomic E-state index is 12.8. The summed E-state index contributed by atoms with van der Waals surface area (Å²) in [5, 5.41) is 11.9. The highest BCUT2D eigenvalue weighted by atomic mass is 16.6. The van der Waals surface area contributed by atoms with Gasteiger partial charge in [0.2, 0.25) is 5.91 Å². The van der Waals surface area contributed by atoms with Crippen molar-refractivity contribution in [3.8, 4) is 0 Å². The lowest BCUT2D eigenvalue weighted by molar-refractivity contribution is -0.150. The third-order valence-electron chi connectivity index (χ3n) is 4.75. The monoisotopic (exact) mass is 340 g/mol. The van der Waals surface area contributed by atoms with Crippen LogP contribution < -0.4 is 5.32 Å². The lowest BCUT2D eigenvalue weighted by Crippen LogP contribution is -2.55. The molecule has 0 aromatic carbocycles. The number of nitrogens with one attached hydrogen (secondary N) is 1. The minimum atomic E-state index is -1.03. The summed E-state index contributed by atoms with van der Waals surface area (Å²) in [5.41, 5.74) is 0. The molecule has 2 heterocycles. The van der Waals surface area contributed by atoms with E-state index in [9.17, 15) is 24.3 Å². The zero-order valence-electron chi connectivity index (χ0n) is 14.2. The maximum atomic E-state index is 12.8. The van der Waals surface area contributed by atoms with Gasteiger partial charge in [-0.15, -0.1) is 0 Å². The van der Waals surface area contributed by atoms with Crippen molar-refractivity contribution in [2.24, 2.45) is 5.92 Å². The van der Waals surface area contributed by atoms with Gasteiger partial charge in [0.1, 0.15) is 12.1 Å². The number of carboxylic acids is 1. The van der Waals surface area contributed by atoms with Gasteiger partial charge in [-0.3, -0.25) is 14.4 Å². The summed E-state index contributed by atoms with van der Waals surface area (Å²) in [6, 6.07) is -1.66. The minimum Gasteiger partial charge on any atom is -0.480 e. The van der Waals surface area contributed by atoms with E-state index in [1.807, 2.05) is 13.8 Å². The fourth-order valence-electron chi connectivity index (χ4n) is 3.01. The Morgan fingerprint density at radius 2 is 1.96 bits per heavy atom. The molecule has 0 bridgehead atoms. The van der Waals surface area contributed by atoms with Crippen molar-refractivity contribution in [3.63, 3.8) is 0 Å². The van der Waals surface area contributed by atoms with Crippen molar-refractivity contribution in [2.45, 2.75) is 64.3 Å². The Kier molecular flexibility index (Phi) is 5.58. The van der Waals surface area contributed by atoms with Gasteiger partial charge >= 0.3 is 5.97 Å². The summed E-state index contributed by atoms with van der Waals surface area (Å²) in [5.74, 6) is -2.31. The van der Waals surface area contributed by atoms with Crippen LogP contribution in [0.4, 0.5) is 0 Å². The first-order valence-electron chi connectivity index (χ1n) is 8.27. The Morgan fingerprint density at radius 3 is 2.46 bits per heavy atom. The molecule has 5 unspecified atom stereocenters. The Bertz CT molecular complexity index is 549. The molecule has 0 aromatic heterocycles. The van der Waals surface area contributed by atoms with Crippen molar-refractivity contribution in [1.82, 2.24) is 10.2 Å². The topological polar surface area (TPSA) is 116 Å². The van der Waals surface area contributed by atoms with Gasteiger partial charge in [-0.1, -0.05) is 20.3 Å². The van der Waals surface area contributed by atoms with Crippen LogP contribution in [0.25, 0.3) is 0 Å². The molecule has 0 radical (unpaired) electrons. The second-order valence-corrected chi connectivity index (χ2v) is 6.49. The van der Waals surface area contributed by atoms with Crippen molar-refractivity contribution < 1.29 is 29.0 Å². The number of ether oxygens (including phenoxy) is 1. The molecule has 2 fully saturated rings. The van der Waals surface area contributed by atoms with Crippen LogP contribution in [-0.2, 0) is 23.9 Å². The van der Waals surface area contributed by atoms with Gasteiger partial charge in [-0.05, 0) is 25.7 Å². The quantitative estimate of drug-likeness (QED) is 0.628. The van der Waals surface area contributed by atoms with Gasteiger partial charge in [0.05, 0.1) is 0 Å². The van der Waals surface area contributed by atoms with Crippen LogP contribution >= 0.6 is 0 Å². The molecule has 0 spiro atoms. The number of carbonyl (C=O) groups excluding carboxylic acids is 3. The molecule has 5 atom stereocenters. The highest BCUT2D eigenvalue weighted by molar-refractivity contribution is 5.97. The van der Waals surface area contributed by atoms with E-state index in [4.69, 9.17) is 4.74 Å². The van der Waals surface area contributed by atoms with Gasteiger partial charge in [-0.25, -0.2) is 4.79 Å². The van der Waals surface area contributed by atoms with Crippen molar-refractivity contribution in [1.29, 1.82) is 0 Å². The molecule has 0 aliphatic carbocycles. The minimum absolute atomic E-state index is 0.161. The van der Waals surface area contributed by atoms with Gasteiger partial charge in [-0.2, -0.15) is 0 Å². The zero-order chi connectivity index (χ0) is 18.0. The number of rotatable bonds is 7. The first-order chi connectivity index (χ1) is 11.3. The number of nitrogens with zero attached hydrogens (tertiary/aromatic N) is 1. The molecular weight excluding hydrogens is 316 g/mol. The lowest BCUT2D eigenvalue weighted by Gasteiger charge is -2.30. The van der Waals surface area contributed by atoms with E-state index in [1.165, 1.54) is 11.8 Å². The molecule has 2 N–H and O–H groups in total. The van der Waals surface area contributed by atoms with Crippen LogP contribution in [0.3, 0.4) is 0 Å². The van der Waals surface area contributed by atoms with Gasteiger partial charge < -0.3 is 20.1 Å². The largest absolute Gasteiger partial charge is 0.480 e. The fraction of sp³-hybridized carbons (Fsp3) is 0.750. The molecule has 134 valence electrons. The lowest BCUT2D eigenvalue weighted by atomic mass is 9.97. The third kappa shape index (κ3) is 3.75. The summed E-state index contributed by atoms with van der Waals surface area (Å²) < 4.78 is 5.04. The van der Waals surface area contributed by atoms with E-state index in [1.54, 1.807) is 0 Å². The average molecular weight is 340 g/mol. The molecule has 2 saturated heterocycles. The Morgan fingerprint density at radius 1 is 1.29 bits per heavy atom. The number of hydrogen-bond donors (Lipinski definition) is 2. The van der Waals surface area contributed by atoms with E-state index >= 15 is 0 Å². The standard InChI is InChI=1S/C16H24N2O6/c1-4-8(2)11(17-14(20)13-12(24-13)9(3)19)15(21)18-7-5-6-10(18)16(22)23/h8,10-13H,4-7H2,1-3H3,(H,17,20)(H,22,23). The average Bonchev–Trinajstić information content (AvgIpc) is 3.20. The molecule has 2 aliphatic heterocycles. The fourth-order valence-corrected chi connectivity index (χ4v) is 3.01. The highest BCUT2D eigenvalue weighted by Gasteiger charge is 2.49. The van der Waals surface area contributed by atoms with Crippen LogP contribution in [0, 0.1) is 5.92 Å². The Balaban J connectivity index is 2.08. The number of ketones is 1. The zero-order valence-corrected chi connectivity index (χ0v) is 14.2. The molecule has 0 aromatic rings. The molecule has 24 heavy (non-hydrogen) atoms. The Hall–Kier alpha value is -1.96. The van der Waals surface area contributed by atoms with Crippen LogP contribution in [-0.4, -0.2) is 64.4 Å². The van der Waals surface area contributed by atoms with Crippen molar-refractivity contribution >= 4 is 23.6 Å². The first-order valence-corrected chi connectivity index (χ1v) is 8.27. The van der Waals surface area contributed by atoms with E-state index in [2.05, 4.69) is 5.32 Å². The maximum Gasteiger partial charge on any atom is 0.326 e. The molecule has 8 nitrogen and oxygen atoms in total. The third-order valence-corrected chi connectivity index (χ3v) is 4.75. The number of Topliss-reactive ketones (excluding diaryl/α,β-unsaturated/α-hetero) is 1. The summed E-state index contributed by atoms with van der Waals surface area (Å²) in [6.07, 6.45) is 0.0961. The van der Waals surface area contributed by atoms with Crippen LogP contribution in [0.5, 0.6) is 0 Å². The number of likely N-dealkylation sites (tertiary alicyclic amines) is 1. The summed E-state index contributed by atoms with van der Waals surface area (Å²) >= 11 is 0. The molecule has 2 amide bonds. The van der Waals surface area contributed by atoms with Crippen molar-refractivity contribution in [2.75, 3.05) is 6.54 Å². The number of carbonyl (C=O) groups is 4. The second kappa shape index (κ2) is 7.29. The second-order valence-electron chi connectivity index (χ2n) is 6.49. The van der Waals surface area contributed by atoms with Gasteiger partial charge in [0.25, 0.3) is 5.91 Å². The number of hydrogen-bond acceptors (Lipinski definition) is 5. The molecule has 0 saturated carbocycles. The number of epoxide rings is 1. The van der Waals surface area contributed by atoms with E-state index in [0.717, 1.165) is 0 Å². The summed E-state index contributed by atoms with van der Waals surface area (Å²) in [4.78, 5) is 48.8.